The predicted molar refractivity (Wildman–Crippen MR) is 62.9 cm³/mol. The number of nitrogens with zero attached hydrogens (tertiary/aromatic N) is 2. The molecule has 1 saturated carbocycles. The first-order chi connectivity index (χ1) is 7.47. The molecule has 1 aromatic heterocycles. The Kier molecular flexibility index (Phi) is 2.91. The van der Waals surface area contributed by atoms with Crippen molar-refractivity contribution in [2.24, 2.45) is 11.3 Å². The Hall–Kier alpha value is -1.06. The second-order valence-corrected chi connectivity index (χ2v) is 5.91. The molecule has 4 nitrogen and oxygen atoms in total. The van der Waals surface area contributed by atoms with Crippen LogP contribution in [0.5, 0.6) is 0 Å². The van der Waals surface area contributed by atoms with Crippen LogP contribution in [0.15, 0.2) is 4.52 Å². The van der Waals surface area contributed by atoms with E-state index in [0.717, 1.165) is 24.7 Å². The average Bonchev–Trinajstić information content (AvgIpc) is 2.64. The van der Waals surface area contributed by atoms with E-state index in [1.54, 1.807) is 0 Å². The third-order valence-corrected chi connectivity index (χ3v) is 3.76. The zero-order valence-corrected chi connectivity index (χ0v) is 10.4. The molecule has 0 unspecified atom stereocenters. The SMILES string of the molecule is CC(C)(C)C1CCC(c2nc(N)no2)CC1. The lowest BCUT2D eigenvalue weighted by atomic mass is 9.70. The van der Waals surface area contributed by atoms with Crippen molar-refractivity contribution >= 4 is 5.95 Å². The summed E-state index contributed by atoms with van der Waals surface area (Å²) in [6, 6.07) is 0. The van der Waals surface area contributed by atoms with Crippen LogP contribution in [0, 0.1) is 11.3 Å². The summed E-state index contributed by atoms with van der Waals surface area (Å²) < 4.78 is 5.14. The quantitative estimate of drug-likeness (QED) is 0.795. The average molecular weight is 223 g/mol. The van der Waals surface area contributed by atoms with Gasteiger partial charge in [0.25, 0.3) is 5.95 Å². The van der Waals surface area contributed by atoms with Crippen molar-refractivity contribution in [1.29, 1.82) is 0 Å². The maximum atomic E-state index is 5.47. The molecule has 1 heterocycles. The van der Waals surface area contributed by atoms with E-state index in [1.165, 1.54) is 12.8 Å². The molecule has 0 saturated heterocycles. The fraction of sp³-hybridized carbons (Fsp3) is 0.833. The van der Waals surface area contributed by atoms with Gasteiger partial charge in [0.2, 0.25) is 5.89 Å². The van der Waals surface area contributed by atoms with Crippen LogP contribution < -0.4 is 5.73 Å². The maximum Gasteiger partial charge on any atom is 0.260 e. The second kappa shape index (κ2) is 4.07. The first-order valence-corrected chi connectivity index (χ1v) is 6.06. The normalized spacial score (nSPS) is 26.9. The van der Waals surface area contributed by atoms with Crippen LogP contribution in [0.1, 0.15) is 58.3 Å². The number of nitrogens with two attached hydrogens (primary N) is 1. The van der Waals surface area contributed by atoms with Gasteiger partial charge in [-0.1, -0.05) is 20.8 Å². The minimum atomic E-state index is 0.257. The molecule has 1 aliphatic carbocycles. The van der Waals surface area contributed by atoms with Gasteiger partial charge in [-0.05, 0) is 42.2 Å². The van der Waals surface area contributed by atoms with Gasteiger partial charge in [0.15, 0.2) is 0 Å². The van der Waals surface area contributed by atoms with Crippen molar-refractivity contribution in [3.8, 4) is 0 Å². The number of nitrogen functional groups attached to an aromatic ring is 1. The Balaban J connectivity index is 1.95. The molecule has 1 aromatic rings. The van der Waals surface area contributed by atoms with Gasteiger partial charge in [0, 0.05) is 5.92 Å². The summed E-state index contributed by atoms with van der Waals surface area (Å²) in [6.07, 6.45) is 4.78. The standard InChI is InChI=1S/C12H21N3O/c1-12(2,3)9-6-4-8(5-7-9)10-14-11(13)15-16-10/h8-9H,4-7H2,1-3H3,(H2,13,15). The van der Waals surface area contributed by atoms with Gasteiger partial charge in [-0.2, -0.15) is 4.98 Å². The summed E-state index contributed by atoms with van der Waals surface area (Å²) in [5.41, 5.74) is 5.88. The van der Waals surface area contributed by atoms with Gasteiger partial charge >= 0.3 is 0 Å². The summed E-state index contributed by atoms with van der Waals surface area (Å²) in [5, 5.41) is 3.65. The maximum absolute atomic E-state index is 5.47. The summed E-state index contributed by atoms with van der Waals surface area (Å²) >= 11 is 0. The topological polar surface area (TPSA) is 64.9 Å². The highest BCUT2D eigenvalue weighted by molar-refractivity contribution is 5.12. The lowest BCUT2D eigenvalue weighted by Crippen LogP contribution is -2.25. The molecule has 0 bridgehead atoms. The highest BCUT2D eigenvalue weighted by atomic mass is 16.5. The first-order valence-electron chi connectivity index (χ1n) is 6.06. The summed E-state index contributed by atoms with van der Waals surface area (Å²) in [7, 11) is 0. The van der Waals surface area contributed by atoms with Crippen molar-refractivity contribution in [3.05, 3.63) is 5.89 Å². The van der Waals surface area contributed by atoms with Gasteiger partial charge in [0.1, 0.15) is 0 Å². The smallest absolute Gasteiger partial charge is 0.260 e. The van der Waals surface area contributed by atoms with Gasteiger partial charge in [0.05, 0.1) is 0 Å². The van der Waals surface area contributed by atoms with E-state index in [9.17, 15) is 0 Å². The highest BCUT2D eigenvalue weighted by Gasteiger charge is 2.32. The molecule has 16 heavy (non-hydrogen) atoms. The fourth-order valence-corrected chi connectivity index (χ4v) is 2.62. The molecule has 0 atom stereocenters. The first kappa shape index (κ1) is 11.4. The third-order valence-electron chi connectivity index (χ3n) is 3.76. The molecule has 1 fully saturated rings. The second-order valence-electron chi connectivity index (χ2n) is 5.91. The third kappa shape index (κ3) is 2.36. The van der Waals surface area contributed by atoms with Crippen LogP contribution >= 0.6 is 0 Å². The summed E-state index contributed by atoms with van der Waals surface area (Å²) in [4.78, 5) is 4.12. The summed E-state index contributed by atoms with van der Waals surface area (Å²) in [5.74, 6) is 2.21. The Bertz CT molecular complexity index is 345. The lowest BCUT2D eigenvalue weighted by molar-refractivity contribution is 0.159. The highest BCUT2D eigenvalue weighted by Crippen LogP contribution is 2.42. The monoisotopic (exact) mass is 223 g/mol. The van der Waals surface area contributed by atoms with Crippen molar-refractivity contribution in [2.45, 2.75) is 52.4 Å². The van der Waals surface area contributed by atoms with Crippen LogP contribution in [-0.2, 0) is 0 Å². The number of hydrogen-bond acceptors (Lipinski definition) is 4. The van der Waals surface area contributed by atoms with Crippen molar-refractivity contribution < 1.29 is 4.52 Å². The molecule has 4 heteroatoms. The molecule has 0 amide bonds. The van der Waals surface area contributed by atoms with Gasteiger partial charge < -0.3 is 10.3 Å². The number of aromatic nitrogens is 2. The van der Waals surface area contributed by atoms with Crippen LogP contribution in [0.4, 0.5) is 5.95 Å². The molecular weight excluding hydrogens is 202 g/mol. The lowest BCUT2D eigenvalue weighted by Gasteiger charge is -2.35. The van der Waals surface area contributed by atoms with E-state index in [-0.39, 0.29) is 5.95 Å². The Morgan fingerprint density at radius 2 is 1.81 bits per heavy atom. The zero-order valence-electron chi connectivity index (χ0n) is 10.4. The molecule has 0 aromatic carbocycles. The minimum absolute atomic E-state index is 0.257. The predicted octanol–water partition coefficient (Wildman–Crippen LogP) is 2.97. The van der Waals surface area contributed by atoms with E-state index >= 15 is 0 Å². The molecular formula is C12H21N3O. The van der Waals surface area contributed by atoms with E-state index in [2.05, 4.69) is 30.9 Å². The fourth-order valence-electron chi connectivity index (χ4n) is 2.62. The Labute approximate surface area is 96.6 Å². The van der Waals surface area contributed by atoms with Gasteiger partial charge in [-0.3, -0.25) is 0 Å². The number of rotatable bonds is 1. The van der Waals surface area contributed by atoms with Crippen LogP contribution in [-0.4, -0.2) is 10.1 Å². The summed E-state index contributed by atoms with van der Waals surface area (Å²) in [6.45, 7) is 6.97. The Morgan fingerprint density at radius 3 is 2.25 bits per heavy atom. The molecule has 0 radical (unpaired) electrons. The van der Waals surface area contributed by atoms with E-state index in [1.807, 2.05) is 0 Å². The molecule has 0 spiro atoms. The number of hydrogen-bond donors (Lipinski definition) is 1. The molecule has 90 valence electrons. The van der Waals surface area contributed by atoms with Crippen molar-refractivity contribution in [2.75, 3.05) is 5.73 Å². The minimum Gasteiger partial charge on any atom is -0.365 e. The van der Waals surface area contributed by atoms with Crippen LogP contribution in [0.25, 0.3) is 0 Å². The van der Waals surface area contributed by atoms with Crippen LogP contribution in [0.3, 0.4) is 0 Å². The van der Waals surface area contributed by atoms with E-state index < -0.39 is 0 Å². The van der Waals surface area contributed by atoms with E-state index in [0.29, 0.717) is 11.3 Å². The zero-order chi connectivity index (χ0) is 11.8. The Morgan fingerprint density at radius 1 is 1.19 bits per heavy atom. The largest absolute Gasteiger partial charge is 0.365 e. The number of anilines is 1. The molecule has 0 aliphatic heterocycles. The molecule has 2 rings (SSSR count). The van der Waals surface area contributed by atoms with Gasteiger partial charge in [-0.15, -0.1) is 0 Å². The molecule has 2 N–H and O–H groups in total. The van der Waals surface area contributed by atoms with Crippen molar-refractivity contribution in [1.82, 2.24) is 10.1 Å². The van der Waals surface area contributed by atoms with Gasteiger partial charge in [-0.25, -0.2) is 0 Å². The molecule has 1 aliphatic rings. The van der Waals surface area contributed by atoms with E-state index in [4.69, 9.17) is 10.3 Å². The van der Waals surface area contributed by atoms with Crippen molar-refractivity contribution in [3.63, 3.8) is 0 Å². The van der Waals surface area contributed by atoms with Crippen LogP contribution in [0.2, 0.25) is 0 Å².